The topological polar surface area (TPSA) is 133 Å². The molecular formula is C25H32N10O2. The Hall–Kier alpha value is -3.80. The van der Waals surface area contributed by atoms with Crippen molar-refractivity contribution < 1.29 is 9.59 Å². The molecule has 3 aromatic heterocycles. The van der Waals surface area contributed by atoms with Crippen molar-refractivity contribution in [2.45, 2.75) is 25.7 Å². The van der Waals surface area contributed by atoms with Gasteiger partial charge in [0.05, 0.1) is 17.6 Å². The van der Waals surface area contributed by atoms with Gasteiger partial charge in [-0.1, -0.05) is 0 Å². The van der Waals surface area contributed by atoms with Crippen molar-refractivity contribution in [3.63, 3.8) is 0 Å². The number of likely N-dealkylation sites (tertiary alicyclic amines) is 1. The molecule has 3 N–H and O–H groups in total. The lowest BCUT2D eigenvalue weighted by molar-refractivity contribution is -0.117. The summed E-state index contributed by atoms with van der Waals surface area (Å²) in [6.45, 7) is 4.55. The standard InChI is InChI=1S/C25H32N10O2/c1-26-24(37)22-19(11-20(30-31-22)28-23(36)16-3-4-16)27-25-29-21-6-5-18(14-35(21)32-25)34-9-7-15(8-10-34)17-12-33(2)13-17/h5-6,11,14-17H,3-4,7-10,12-13H2,1-2H3,(H,26,37)(H2,27,28,30,32,36). The molecule has 0 radical (unpaired) electrons. The summed E-state index contributed by atoms with van der Waals surface area (Å²) in [7, 11) is 3.72. The molecule has 12 heteroatoms. The Bertz CT molecular complexity index is 1320. The first-order valence-electron chi connectivity index (χ1n) is 12.9. The minimum absolute atomic E-state index is 0.0248. The van der Waals surface area contributed by atoms with Crippen LogP contribution >= 0.6 is 0 Å². The summed E-state index contributed by atoms with van der Waals surface area (Å²) in [5.74, 6) is 1.80. The Morgan fingerprint density at radius 3 is 2.51 bits per heavy atom. The van der Waals surface area contributed by atoms with Crippen LogP contribution in [0.4, 0.5) is 23.1 Å². The SMILES string of the molecule is CNC(=O)c1nnc(NC(=O)C2CC2)cc1Nc1nc2ccc(N3CCC(C4CN(C)C4)CC3)cn2n1. The largest absolute Gasteiger partial charge is 0.370 e. The zero-order chi connectivity index (χ0) is 25.5. The van der Waals surface area contributed by atoms with E-state index in [2.05, 4.69) is 59.1 Å². The maximum atomic E-state index is 12.4. The number of hydrogen-bond donors (Lipinski definition) is 3. The van der Waals surface area contributed by atoms with Gasteiger partial charge >= 0.3 is 0 Å². The van der Waals surface area contributed by atoms with Crippen LogP contribution in [-0.4, -0.2) is 81.8 Å². The van der Waals surface area contributed by atoms with Crippen LogP contribution in [0.25, 0.3) is 5.65 Å². The van der Waals surface area contributed by atoms with Gasteiger partial charge in [0, 0.05) is 45.2 Å². The maximum Gasteiger partial charge on any atom is 0.273 e. The number of fused-ring (bicyclic) bond motifs is 1. The fraction of sp³-hybridized carbons (Fsp3) is 0.520. The van der Waals surface area contributed by atoms with Crippen molar-refractivity contribution in [1.82, 2.24) is 35.0 Å². The van der Waals surface area contributed by atoms with E-state index in [1.165, 1.54) is 33.0 Å². The molecule has 3 aromatic rings. The van der Waals surface area contributed by atoms with Gasteiger partial charge in [0.15, 0.2) is 17.2 Å². The normalized spacial score (nSPS) is 19.0. The highest BCUT2D eigenvalue weighted by atomic mass is 16.2. The van der Waals surface area contributed by atoms with Crippen LogP contribution in [0, 0.1) is 17.8 Å². The van der Waals surface area contributed by atoms with E-state index in [1.54, 1.807) is 10.6 Å². The maximum absolute atomic E-state index is 12.4. The first kappa shape index (κ1) is 23.6. The summed E-state index contributed by atoms with van der Waals surface area (Å²) in [4.78, 5) is 33.9. The van der Waals surface area contributed by atoms with E-state index in [1.807, 2.05) is 12.3 Å². The second kappa shape index (κ2) is 9.58. The van der Waals surface area contributed by atoms with Gasteiger partial charge in [-0.05, 0) is 56.7 Å². The Labute approximate surface area is 214 Å². The molecular weight excluding hydrogens is 472 g/mol. The number of rotatable bonds is 7. The quantitative estimate of drug-likeness (QED) is 0.440. The number of aromatic nitrogens is 5. The molecule has 0 spiro atoms. The Morgan fingerprint density at radius 1 is 1.03 bits per heavy atom. The van der Waals surface area contributed by atoms with Gasteiger partial charge in [-0.15, -0.1) is 15.3 Å². The molecule has 1 saturated carbocycles. The number of nitrogens with zero attached hydrogens (tertiary/aromatic N) is 7. The lowest BCUT2D eigenvalue weighted by Gasteiger charge is -2.45. The van der Waals surface area contributed by atoms with Gasteiger partial charge in [-0.2, -0.15) is 4.98 Å². The molecule has 3 aliphatic rings. The molecule has 0 bridgehead atoms. The van der Waals surface area contributed by atoms with Crippen molar-refractivity contribution in [2.24, 2.45) is 17.8 Å². The van der Waals surface area contributed by atoms with E-state index in [-0.39, 0.29) is 23.3 Å². The zero-order valence-corrected chi connectivity index (χ0v) is 21.1. The first-order chi connectivity index (χ1) is 18.0. The Kier molecular flexibility index (Phi) is 6.11. The zero-order valence-electron chi connectivity index (χ0n) is 21.1. The minimum Gasteiger partial charge on any atom is -0.370 e. The number of nitrogens with one attached hydrogen (secondary N) is 3. The summed E-state index contributed by atoms with van der Waals surface area (Å²) in [5.41, 5.74) is 2.26. The first-order valence-corrected chi connectivity index (χ1v) is 12.9. The highest BCUT2D eigenvalue weighted by Crippen LogP contribution is 2.33. The van der Waals surface area contributed by atoms with E-state index in [4.69, 9.17) is 0 Å². The number of pyridine rings is 1. The fourth-order valence-electron chi connectivity index (χ4n) is 5.32. The van der Waals surface area contributed by atoms with Crippen LogP contribution in [0.5, 0.6) is 0 Å². The van der Waals surface area contributed by atoms with Gasteiger partial charge in [-0.25, -0.2) is 4.52 Å². The minimum atomic E-state index is -0.405. The van der Waals surface area contributed by atoms with E-state index >= 15 is 0 Å². The number of carbonyl (C=O) groups is 2. The Morgan fingerprint density at radius 2 is 1.81 bits per heavy atom. The molecule has 3 fully saturated rings. The predicted octanol–water partition coefficient (Wildman–Crippen LogP) is 1.75. The predicted molar refractivity (Wildman–Crippen MR) is 139 cm³/mol. The van der Waals surface area contributed by atoms with Crippen LogP contribution in [0.3, 0.4) is 0 Å². The summed E-state index contributed by atoms with van der Waals surface area (Å²) in [5, 5.41) is 21.0. The Balaban J connectivity index is 1.18. The third kappa shape index (κ3) is 4.93. The number of carbonyl (C=O) groups excluding carboxylic acids is 2. The average molecular weight is 505 g/mol. The second-order valence-electron chi connectivity index (χ2n) is 10.4. The van der Waals surface area contributed by atoms with Crippen molar-refractivity contribution in [2.75, 3.05) is 55.8 Å². The second-order valence-corrected chi connectivity index (χ2v) is 10.4. The highest BCUT2D eigenvalue weighted by molar-refractivity contribution is 5.99. The lowest BCUT2D eigenvalue weighted by Crippen LogP contribution is -2.50. The van der Waals surface area contributed by atoms with Crippen LogP contribution < -0.4 is 20.9 Å². The smallest absolute Gasteiger partial charge is 0.273 e. The number of anilines is 4. The molecule has 1 aliphatic carbocycles. The number of piperidine rings is 1. The third-order valence-electron chi connectivity index (χ3n) is 7.66. The third-order valence-corrected chi connectivity index (χ3v) is 7.66. The van der Waals surface area contributed by atoms with Crippen molar-refractivity contribution in [1.29, 1.82) is 0 Å². The van der Waals surface area contributed by atoms with Crippen LogP contribution in [0.15, 0.2) is 24.4 Å². The van der Waals surface area contributed by atoms with Gasteiger partial charge in [0.1, 0.15) is 0 Å². The molecule has 5 heterocycles. The summed E-state index contributed by atoms with van der Waals surface area (Å²) < 4.78 is 1.74. The highest BCUT2D eigenvalue weighted by Gasteiger charge is 2.33. The molecule has 6 rings (SSSR count). The van der Waals surface area contributed by atoms with E-state index in [9.17, 15) is 9.59 Å². The molecule has 2 amide bonds. The molecule has 0 aromatic carbocycles. The monoisotopic (exact) mass is 504 g/mol. The fourth-order valence-corrected chi connectivity index (χ4v) is 5.32. The van der Waals surface area contributed by atoms with Gasteiger partial charge in [-0.3, -0.25) is 9.59 Å². The summed E-state index contributed by atoms with van der Waals surface area (Å²) >= 11 is 0. The molecule has 37 heavy (non-hydrogen) atoms. The van der Waals surface area contributed by atoms with Crippen molar-refractivity contribution in [3.05, 3.63) is 30.1 Å². The van der Waals surface area contributed by atoms with E-state index in [0.717, 1.165) is 43.5 Å². The molecule has 2 aliphatic heterocycles. The van der Waals surface area contributed by atoms with Gasteiger partial charge < -0.3 is 25.8 Å². The number of hydrogen-bond acceptors (Lipinski definition) is 9. The number of amides is 2. The molecule has 194 valence electrons. The molecule has 12 nitrogen and oxygen atoms in total. The molecule has 0 atom stereocenters. The summed E-state index contributed by atoms with van der Waals surface area (Å²) in [6.07, 6.45) is 6.19. The van der Waals surface area contributed by atoms with E-state index < -0.39 is 5.91 Å². The van der Waals surface area contributed by atoms with Crippen molar-refractivity contribution >= 4 is 40.6 Å². The van der Waals surface area contributed by atoms with Crippen molar-refractivity contribution in [3.8, 4) is 0 Å². The summed E-state index contributed by atoms with van der Waals surface area (Å²) in [6, 6.07) is 5.62. The van der Waals surface area contributed by atoms with Crippen LogP contribution in [-0.2, 0) is 4.79 Å². The van der Waals surface area contributed by atoms with Gasteiger partial charge in [0.25, 0.3) is 5.91 Å². The van der Waals surface area contributed by atoms with E-state index in [0.29, 0.717) is 17.3 Å². The van der Waals surface area contributed by atoms with Gasteiger partial charge in [0.2, 0.25) is 11.9 Å². The molecule has 0 unspecified atom stereocenters. The average Bonchev–Trinajstić information content (AvgIpc) is 3.67. The molecule has 2 saturated heterocycles. The lowest BCUT2D eigenvalue weighted by atomic mass is 9.80. The van der Waals surface area contributed by atoms with Crippen LogP contribution in [0.1, 0.15) is 36.2 Å². The van der Waals surface area contributed by atoms with Crippen LogP contribution in [0.2, 0.25) is 0 Å².